The second-order valence-corrected chi connectivity index (χ2v) is 8.15. The zero-order valence-electron chi connectivity index (χ0n) is 14.7. The number of nitrogens with zero attached hydrogens (tertiary/aromatic N) is 1. The number of phenols is 1. The normalized spacial score (nSPS) is 10.9. The summed E-state index contributed by atoms with van der Waals surface area (Å²) >= 11 is 4.38. The van der Waals surface area contributed by atoms with E-state index >= 15 is 0 Å². The van der Waals surface area contributed by atoms with Gasteiger partial charge in [-0.05, 0) is 85.8 Å². The zero-order chi connectivity index (χ0) is 20.1. The number of carbonyl (C=O) groups excluding carboxylic acids is 1. The first kappa shape index (κ1) is 20.6. The molecule has 28 heavy (non-hydrogen) atoms. The second-order valence-electron chi connectivity index (χ2n) is 5.83. The Balaban J connectivity index is 1.75. The van der Waals surface area contributed by atoms with Crippen LogP contribution < -0.4 is 10.2 Å². The van der Waals surface area contributed by atoms with Crippen molar-refractivity contribution in [3.05, 3.63) is 79.5 Å². The smallest absolute Gasteiger partial charge is 0.275 e. The SMILES string of the molecule is C=CCOc1c(I)cc(C=NNC(=O)c2cc3ccccc3cc2O)cc1I. The molecule has 2 N–H and O–H groups in total. The summed E-state index contributed by atoms with van der Waals surface area (Å²) in [5.74, 6) is 0.234. The lowest BCUT2D eigenvalue weighted by molar-refractivity contribution is 0.0952. The van der Waals surface area contributed by atoms with Crippen LogP contribution in [0.5, 0.6) is 11.5 Å². The van der Waals surface area contributed by atoms with Crippen LogP contribution in [0.4, 0.5) is 0 Å². The van der Waals surface area contributed by atoms with Gasteiger partial charge >= 0.3 is 0 Å². The molecule has 0 heterocycles. The van der Waals surface area contributed by atoms with Crippen molar-refractivity contribution in [1.82, 2.24) is 5.43 Å². The molecular formula is C21H16I2N2O3. The van der Waals surface area contributed by atoms with E-state index in [-0.39, 0.29) is 11.3 Å². The third kappa shape index (κ3) is 4.82. The van der Waals surface area contributed by atoms with Gasteiger partial charge in [-0.3, -0.25) is 4.79 Å². The summed E-state index contributed by atoms with van der Waals surface area (Å²) in [6.45, 7) is 4.08. The highest BCUT2D eigenvalue weighted by Gasteiger charge is 2.12. The van der Waals surface area contributed by atoms with E-state index in [1.54, 1.807) is 24.4 Å². The summed E-state index contributed by atoms with van der Waals surface area (Å²) in [4.78, 5) is 12.4. The van der Waals surface area contributed by atoms with Crippen molar-refractivity contribution in [2.75, 3.05) is 6.61 Å². The lowest BCUT2D eigenvalue weighted by atomic mass is 10.1. The minimum absolute atomic E-state index is 0.0841. The Morgan fingerprint density at radius 2 is 1.79 bits per heavy atom. The van der Waals surface area contributed by atoms with Gasteiger partial charge in [-0.2, -0.15) is 5.10 Å². The summed E-state index contributed by atoms with van der Waals surface area (Å²) in [7, 11) is 0. The first-order valence-corrected chi connectivity index (χ1v) is 10.4. The van der Waals surface area contributed by atoms with Crippen molar-refractivity contribution >= 4 is 68.1 Å². The van der Waals surface area contributed by atoms with Gasteiger partial charge in [-0.1, -0.05) is 36.9 Å². The van der Waals surface area contributed by atoms with Crippen LogP contribution in [0.2, 0.25) is 0 Å². The average molecular weight is 598 g/mol. The monoisotopic (exact) mass is 598 g/mol. The van der Waals surface area contributed by atoms with Crippen molar-refractivity contribution in [3.63, 3.8) is 0 Å². The number of phenolic OH excluding ortho intramolecular Hbond substituents is 1. The standard InChI is InChI=1S/C21H16I2N2O3/c1-2-7-28-20-17(22)8-13(9-18(20)23)12-24-25-21(27)16-10-14-5-3-4-6-15(14)11-19(16)26/h2-6,8-12,26H,1,7H2,(H,25,27). The highest BCUT2D eigenvalue weighted by molar-refractivity contribution is 14.1. The minimum atomic E-state index is -0.477. The summed E-state index contributed by atoms with van der Waals surface area (Å²) in [6, 6.07) is 14.5. The molecule has 142 valence electrons. The minimum Gasteiger partial charge on any atom is -0.507 e. The molecule has 0 aliphatic rings. The number of fused-ring (bicyclic) bond motifs is 1. The maximum Gasteiger partial charge on any atom is 0.275 e. The molecule has 5 nitrogen and oxygen atoms in total. The number of amides is 1. The van der Waals surface area contributed by atoms with Crippen molar-refractivity contribution in [2.45, 2.75) is 0 Å². The highest BCUT2D eigenvalue weighted by Crippen LogP contribution is 2.28. The Kier molecular flexibility index (Phi) is 6.89. The van der Waals surface area contributed by atoms with Crippen LogP contribution in [0.3, 0.4) is 0 Å². The molecule has 0 spiro atoms. The van der Waals surface area contributed by atoms with Crippen LogP contribution >= 0.6 is 45.2 Å². The lowest BCUT2D eigenvalue weighted by Crippen LogP contribution is -2.17. The van der Waals surface area contributed by atoms with Crippen molar-refractivity contribution in [2.24, 2.45) is 5.10 Å². The molecule has 0 aliphatic heterocycles. The summed E-state index contributed by atoms with van der Waals surface area (Å²) < 4.78 is 7.52. The molecule has 0 saturated heterocycles. The van der Waals surface area contributed by atoms with Crippen LogP contribution in [-0.2, 0) is 0 Å². The van der Waals surface area contributed by atoms with Gasteiger partial charge in [0.25, 0.3) is 5.91 Å². The van der Waals surface area contributed by atoms with E-state index < -0.39 is 5.91 Å². The van der Waals surface area contributed by atoms with Gasteiger partial charge in [0.05, 0.1) is 18.9 Å². The van der Waals surface area contributed by atoms with E-state index in [1.807, 2.05) is 36.4 Å². The second kappa shape index (κ2) is 9.37. The van der Waals surface area contributed by atoms with Gasteiger partial charge in [-0.15, -0.1) is 0 Å². The number of carbonyl (C=O) groups is 1. The molecule has 3 aromatic rings. The Bertz CT molecular complexity index is 1060. The molecule has 1 amide bonds. The zero-order valence-corrected chi connectivity index (χ0v) is 19.0. The fraction of sp³-hybridized carbons (Fsp3) is 0.0476. The van der Waals surface area contributed by atoms with Crippen molar-refractivity contribution in [1.29, 1.82) is 0 Å². The Labute approximate surface area is 189 Å². The largest absolute Gasteiger partial charge is 0.507 e. The molecule has 0 radical (unpaired) electrons. The topological polar surface area (TPSA) is 70.9 Å². The third-order valence-corrected chi connectivity index (χ3v) is 5.46. The fourth-order valence-electron chi connectivity index (χ4n) is 2.57. The molecule has 7 heteroatoms. The lowest BCUT2D eigenvalue weighted by Gasteiger charge is -2.09. The first-order chi connectivity index (χ1) is 13.5. The summed E-state index contributed by atoms with van der Waals surface area (Å²) in [5.41, 5.74) is 3.46. The number of hydrogen-bond acceptors (Lipinski definition) is 4. The van der Waals surface area contributed by atoms with Crippen LogP contribution in [0.25, 0.3) is 10.8 Å². The van der Waals surface area contributed by atoms with Crippen LogP contribution in [0.15, 0.2) is 66.3 Å². The molecule has 0 fully saturated rings. The summed E-state index contributed by atoms with van der Waals surface area (Å²) in [6.07, 6.45) is 3.25. The maximum atomic E-state index is 12.4. The third-order valence-electron chi connectivity index (χ3n) is 3.85. The van der Waals surface area contributed by atoms with E-state index in [0.29, 0.717) is 6.61 Å². The van der Waals surface area contributed by atoms with Gasteiger partial charge in [0.2, 0.25) is 0 Å². The number of hydrazone groups is 1. The predicted molar refractivity (Wildman–Crippen MR) is 128 cm³/mol. The van der Waals surface area contributed by atoms with Gasteiger partial charge in [-0.25, -0.2) is 5.43 Å². The van der Waals surface area contributed by atoms with Crippen LogP contribution in [0, 0.1) is 7.14 Å². The Morgan fingerprint density at radius 1 is 1.14 bits per heavy atom. The van der Waals surface area contributed by atoms with Crippen LogP contribution in [-0.4, -0.2) is 23.8 Å². The van der Waals surface area contributed by atoms with E-state index in [4.69, 9.17) is 4.74 Å². The average Bonchev–Trinajstić information content (AvgIpc) is 2.66. The molecule has 0 unspecified atom stereocenters. The van der Waals surface area contributed by atoms with Gasteiger partial charge in [0.15, 0.2) is 0 Å². The molecule has 3 aromatic carbocycles. The van der Waals surface area contributed by atoms with Crippen molar-refractivity contribution < 1.29 is 14.6 Å². The number of nitrogens with one attached hydrogen (secondary N) is 1. The predicted octanol–water partition coefficient (Wildman–Crippen LogP) is 5.08. The number of benzene rings is 3. The maximum absolute atomic E-state index is 12.4. The van der Waals surface area contributed by atoms with Gasteiger partial charge < -0.3 is 9.84 Å². The number of ether oxygens (including phenoxy) is 1. The molecule has 0 bridgehead atoms. The van der Waals surface area contributed by atoms with Crippen LogP contribution in [0.1, 0.15) is 15.9 Å². The van der Waals surface area contributed by atoms with Crippen molar-refractivity contribution in [3.8, 4) is 11.5 Å². The quantitative estimate of drug-likeness (QED) is 0.180. The Hall–Kier alpha value is -2.14. The van der Waals surface area contributed by atoms with Gasteiger partial charge in [0, 0.05) is 0 Å². The number of rotatable bonds is 6. The number of hydrogen-bond donors (Lipinski definition) is 2. The van der Waals surface area contributed by atoms with E-state index in [2.05, 4.69) is 62.3 Å². The molecular weight excluding hydrogens is 582 g/mol. The molecule has 0 saturated carbocycles. The molecule has 0 atom stereocenters. The fourth-order valence-corrected chi connectivity index (χ4v) is 4.70. The number of halogens is 2. The summed E-state index contributed by atoms with van der Waals surface area (Å²) in [5, 5.41) is 15.9. The van der Waals surface area contributed by atoms with E-state index in [9.17, 15) is 9.90 Å². The van der Waals surface area contributed by atoms with E-state index in [1.165, 1.54) is 0 Å². The molecule has 0 aliphatic carbocycles. The Morgan fingerprint density at radius 3 is 2.43 bits per heavy atom. The number of aromatic hydroxyl groups is 1. The molecule has 3 rings (SSSR count). The first-order valence-electron chi connectivity index (χ1n) is 8.27. The van der Waals surface area contributed by atoms with E-state index in [0.717, 1.165) is 29.2 Å². The highest BCUT2D eigenvalue weighted by atomic mass is 127. The molecule has 0 aromatic heterocycles. The van der Waals surface area contributed by atoms with Gasteiger partial charge in [0.1, 0.15) is 18.1 Å².